The Balaban J connectivity index is 1.54. The second-order valence-corrected chi connectivity index (χ2v) is 8.43. The van der Waals surface area contributed by atoms with Gasteiger partial charge in [0.2, 0.25) is 5.91 Å². The smallest absolute Gasteiger partial charge is 0.307 e. The third-order valence-corrected chi connectivity index (χ3v) is 6.35. The molecule has 1 atom stereocenters. The van der Waals surface area contributed by atoms with Crippen LogP contribution in [0.3, 0.4) is 0 Å². The highest BCUT2D eigenvalue weighted by Gasteiger charge is 2.21. The number of para-hydroxylation sites is 1. The molecule has 164 valence electrons. The van der Waals surface area contributed by atoms with Crippen molar-refractivity contribution in [3.8, 4) is 11.3 Å². The van der Waals surface area contributed by atoms with Crippen molar-refractivity contribution in [1.29, 1.82) is 0 Å². The number of thiophene rings is 1. The van der Waals surface area contributed by atoms with Crippen LogP contribution in [-0.2, 0) is 20.7 Å². The van der Waals surface area contributed by atoms with Crippen LogP contribution in [-0.4, -0.2) is 24.0 Å². The average Bonchev–Trinajstić information content (AvgIpc) is 3.46. The fourth-order valence-corrected chi connectivity index (χ4v) is 4.57. The molecule has 0 spiro atoms. The van der Waals surface area contributed by atoms with Gasteiger partial charge in [-0.2, -0.15) is 0 Å². The summed E-state index contributed by atoms with van der Waals surface area (Å²) in [5.41, 5.74) is 3.70. The molecule has 2 heterocycles. The number of benzene rings is 2. The number of H-pyrrole nitrogens is 1. The zero-order valence-corrected chi connectivity index (χ0v) is 18.4. The largest absolute Gasteiger partial charge is 0.469 e. The number of fused-ring (bicyclic) bond motifs is 1. The number of methoxy groups -OCH3 is 1. The Kier molecular flexibility index (Phi) is 6.66. The van der Waals surface area contributed by atoms with E-state index in [-0.39, 0.29) is 30.5 Å². The monoisotopic (exact) mass is 450 g/mol. The van der Waals surface area contributed by atoms with E-state index >= 15 is 0 Å². The van der Waals surface area contributed by atoms with Crippen LogP contribution >= 0.6 is 11.3 Å². The van der Waals surface area contributed by atoms with Crippen LogP contribution in [0.15, 0.2) is 66.0 Å². The summed E-state index contributed by atoms with van der Waals surface area (Å²) in [7, 11) is 1.34. The van der Waals surface area contributed by atoms with E-state index in [2.05, 4.69) is 10.3 Å². The predicted octanol–water partition coefficient (Wildman–Crippen LogP) is 5.39. The number of aromatic nitrogens is 1. The van der Waals surface area contributed by atoms with E-state index in [1.54, 1.807) is 12.1 Å². The molecule has 0 aliphatic carbocycles. The van der Waals surface area contributed by atoms with E-state index in [4.69, 9.17) is 4.74 Å². The van der Waals surface area contributed by atoms with Gasteiger partial charge in [-0.15, -0.1) is 11.3 Å². The molecule has 7 heteroatoms. The van der Waals surface area contributed by atoms with E-state index in [1.807, 2.05) is 41.8 Å². The first kappa shape index (κ1) is 21.8. The Bertz CT molecular complexity index is 1220. The average molecular weight is 451 g/mol. The quantitative estimate of drug-likeness (QED) is 0.354. The lowest BCUT2D eigenvalue weighted by molar-refractivity contribution is -0.141. The maximum absolute atomic E-state index is 13.4. The van der Waals surface area contributed by atoms with Crippen molar-refractivity contribution >= 4 is 34.1 Å². The highest BCUT2D eigenvalue weighted by atomic mass is 32.1. The summed E-state index contributed by atoms with van der Waals surface area (Å²) >= 11 is 1.49. The number of aromatic amines is 1. The van der Waals surface area contributed by atoms with Gasteiger partial charge in [-0.05, 0) is 59.3 Å². The van der Waals surface area contributed by atoms with Crippen LogP contribution in [0.1, 0.15) is 29.3 Å². The zero-order valence-electron chi connectivity index (χ0n) is 17.6. The van der Waals surface area contributed by atoms with Gasteiger partial charge in [0, 0.05) is 27.9 Å². The van der Waals surface area contributed by atoms with Gasteiger partial charge in [0.05, 0.1) is 19.6 Å². The summed E-state index contributed by atoms with van der Waals surface area (Å²) in [5.74, 6) is -0.822. The summed E-state index contributed by atoms with van der Waals surface area (Å²) < 4.78 is 18.2. The lowest BCUT2D eigenvalue weighted by atomic mass is 10.0. The first-order valence-electron chi connectivity index (χ1n) is 10.3. The van der Waals surface area contributed by atoms with E-state index < -0.39 is 6.04 Å². The number of aryl methyl sites for hydroxylation is 1. The summed E-state index contributed by atoms with van der Waals surface area (Å²) in [6.07, 6.45) is 0.827. The van der Waals surface area contributed by atoms with Gasteiger partial charge in [0.1, 0.15) is 5.82 Å². The second kappa shape index (κ2) is 9.78. The number of amides is 1. The van der Waals surface area contributed by atoms with Crippen LogP contribution in [0.2, 0.25) is 0 Å². The van der Waals surface area contributed by atoms with Gasteiger partial charge in [0.15, 0.2) is 0 Å². The first-order valence-corrected chi connectivity index (χ1v) is 11.2. The van der Waals surface area contributed by atoms with Crippen molar-refractivity contribution in [3.05, 3.63) is 82.3 Å². The SMILES string of the molecule is COC(=O)CC(NC(=O)CCc1c(-c2ccc(F)cc2)[nH]c2ccccc12)c1cccs1. The predicted molar refractivity (Wildman–Crippen MR) is 124 cm³/mol. The number of halogens is 1. The molecule has 2 N–H and O–H groups in total. The first-order chi connectivity index (χ1) is 15.5. The highest BCUT2D eigenvalue weighted by Crippen LogP contribution is 2.31. The van der Waals surface area contributed by atoms with E-state index in [0.717, 1.165) is 32.6 Å². The van der Waals surface area contributed by atoms with Crippen molar-refractivity contribution in [2.75, 3.05) is 7.11 Å². The zero-order chi connectivity index (χ0) is 22.5. The summed E-state index contributed by atoms with van der Waals surface area (Å²) in [6, 6.07) is 17.6. The Morgan fingerprint density at radius 1 is 1.09 bits per heavy atom. The number of carbonyl (C=O) groups excluding carboxylic acids is 2. The highest BCUT2D eigenvalue weighted by molar-refractivity contribution is 7.10. The molecule has 0 fully saturated rings. The molecule has 0 aliphatic heterocycles. The van der Waals surface area contributed by atoms with E-state index in [9.17, 15) is 14.0 Å². The van der Waals surface area contributed by atoms with Gasteiger partial charge >= 0.3 is 5.97 Å². The second-order valence-electron chi connectivity index (χ2n) is 7.45. The number of rotatable bonds is 8. The summed E-state index contributed by atoms with van der Waals surface area (Å²) in [5, 5.41) is 5.91. The lowest BCUT2D eigenvalue weighted by Gasteiger charge is -2.16. The van der Waals surface area contributed by atoms with Gasteiger partial charge in [-0.1, -0.05) is 24.3 Å². The molecule has 2 aromatic heterocycles. The number of esters is 1. The topological polar surface area (TPSA) is 71.2 Å². The Morgan fingerprint density at radius 3 is 2.59 bits per heavy atom. The van der Waals surface area contributed by atoms with Crippen molar-refractivity contribution in [3.63, 3.8) is 0 Å². The summed E-state index contributed by atoms with van der Waals surface area (Å²) in [6.45, 7) is 0. The molecule has 1 amide bonds. The van der Waals surface area contributed by atoms with Gasteiger partial charge in [-0.25, -0.2) is 4.39 Å². The molecule has 0 radical (unpaired) electrons. The number of hydrogen-bond acceptors (Lipinski definition) is 4. The molecule has 4 rings (SSSR count). The minimum absolute atomic E-state index is 0.0800. The fourth-order valence-electron chi connectivity index (χ4n) is 3.79. The maximum Gasteiger partial charge on any atom is 0.307 e. The van der Waals surface area contributed by atoms with Crippen molar-refractivity contribution < 1.29 is 18.7 Å². The number of hydrogen-bond donors (Lipinski definition) is 2. The lowest BCUT2D eigenvalue weighted by Crippen LogP contribution is -2.30. The molecular formula is C25H23FN2O3S. The minimum Gasteiger partial charge on any atom is -0.469 e. The Hall–Kier alpha value is -3.45. The van der Waals surface area contributed by atoms with E-state index in [1.165, 1.54) is 30.6 Å². The molecule has 1 unspecified atom stereocenters. The molecular weight excluding hydrogens is 427 g/mol. The number of carbonyl (C=O) groups is 2. The Labute approximate surface area is 189 Å². The molecule has 4 aromatic rings. The Morgan fingerprint density at radius 2 is 1.88 bits per heavy atom. The van der Waals surface area contributed by atoms with Crippen LogP contribution in [0, 0.1) is 5.82 Å². The van der Waals surface area contributed by atoms with Gasteiger partial charge in [0.25, 0.3) is 0 Å². The van der Waals surface area contributed by atoms with Gasteiger partial charge in [-0.3, -0.25) is 9.59 Å². The van der Waals surface area contributed by atoms with Crippen LogP contribution in [0.4, 0.5) is 4.39 Å². The third-order valence-electron chi connectivity index (χ3n) is 5.37. The number of ether oxygens (including phenoxy) is 1. The van der Waals surface area contributed by atoms with Crippen molar-refractivity contribution in [1.82, 2.24) is 10.3 Å². The van der Waals surface area contributed by atoms with Crippen molar-refractivity contribution in [2.45, 2.75) is 25.3 Å². The van der Waals surface area contributed by atoms with Crippen LogP contribution < -0.4 is 5.32 Å². The maximum atomic E-state index is 13.4. The minimum atomic E-state index is -0.422. The standard InChI is InChI=1S/C25H23FN2O3S/c1-31-24(30)15-21(22-7-4-14-32-22)27-23(29)13-12-19-18-5-2-3-6-20(18)28-25(19)16-8-10-17(26)11-9-16/h2-11,14,21,28H,12-13,15H2,1H3,(H,27,29). The molecule has 2 aromatic carbocycles. The van der Waals surface area contributed by atoms with Crippen LogP contribution in [0.25, 0.3) is 22.2 Å². The fraction of sp³-hybridized carbons (Fsp3) is 0.200. The summed E-state index contributed by atoms with van der Waals surface area (Å²) in [4.78, 5) is 29.0. The van der Waals surface area contributed by atoms with E-state index in [0.29, 0.717) is 6.42 Å². The number of nitrogens with one attached hydrogen (secondary N) is 2. The van der Waals surface area contributed by atoms with Crippen LogP contribution in [0.5, 0.6) is 0 Å². The van der Waals surface area contributed by atoms with Gasteiger partial charge < -0.3 is 15.0 Å². The molecule has 0 bridgehead atoms. The molecule has 0 aliphatic rings. The molecule has 32 heavy (non-hydrogen) atoms. The molecule has 0 saturated heterocycles. The van der Waals surface area contributed by atoms with Crippen molar-refractivity contribution in [2.24, 2.45) is 0 Å². The third kappa shape index (κ3) is 4.89. The molecule has 5 nitrogen and oxygen atoms in total. The normalized spacial score (nSPS) is 11.9. The molecule has 0 saturated carbocycles.